The maximum atomic E-state index is 12.0. The predicted molar refractivity (Wildman–Crippen MR) is 55.3 cm³/mol. The summed E-state index contributed by atoms with van der Waals surface area (Å²) in [7, 11) is 0. The molecule has 1 atom stereocenters. The molecule has 0 amide bonds. The lowest BCUT2D eigenvalue weighted by Crippen LogP contribution is -2.18. The third-order valence-corrected chi connectivity index (χ3v) is 2.28. The molecule has 0 saturated heterocycles. The Bertz CT molecular complexity index is 397. The van der Waals surface area contributed by atoms with Crippen LogP contribution < -0.4 is 10.5 Å². The average molecular weight is 287 g/mol. The van der Waals surface area contributed by atoms with Gasteiger partial charge in [0.1, 0.15) is 5.75 Å². The van der Waals surface area contributed by atoms with E-state index in [1.807, 2.05) is 0 Å². The zero-order chi connectivity index (χ0) is 14.7. The predicted octanol–water partition coefficient (Wildman–Crippen LogP) is 3.93. The molecule has 0 unspecified atom stereocenters. The van der Waals surface area contributed by atoms with E-state index in [9.17, 15) is 26.3 Å². The van der Waals surface area contributed by atoms with Gasteiger partial charge >= 0.3 is 12.5 Å². The van der Waals surface area contributed by atoms with E-state index in [4.69, 9.17) is 5.73 Å². The first-order chi connectivity index (χ1) is 8.57. The molecule has 8 heteroatoms. The van der Waals surface area contributed by atoms with Crippen molar-refractivity contribution in [2.75, 3.05) is 0 Å². The fourth-order valence-electron chi connectivity index (χ4n) is 1.40. The smallest absolute Gasteiger partial charge is 0.406 e. The number of halogens is 6. The number of hydrogen-bond donors (Lipinski definition) is 1. The van der Waals surface area contributed by atoms with E-state index in [0.717, 1.165) is 12.1 Å². The zero-order valence-corrected chi connectivity index (χ0v) is 9.55. The van der Waals surface area contributed by atoms with Gasteiger partial charge in [0, 0.05) is 12.5 Å². The molecule has 0 saturated carbocycles. The molecular formula is C11H11F6NO. The van der Waals surface area contributed by atoms with Crippen molar-refractivity contribution < 1.29 is 31.1 Å². The van der Waals surface area contributed by atoms with E-state index in [0.29, 0.717) is 5.56 Å². The number of rotatable bonds is 4. The average Bonchev–Trinajstić information content (AvgIpc) is 2.23. The molecule has 0 bridgehead atoms. The normalized spacial score (nSPS) is 14.3. The zero-order valence-electron chi connectivity index (χ0n) is 9.55. The van der Waals surface area contributed by atoms with Crippen LogP contribution in [0.1, 0.15) is 24.4 Å². The first-order valence-electron chi connectivity index (χ1n) is 5.25. The van der Waals surface area contributed by atoms with Crippen LogP contribution in [0, 0.1) is 0 Å². The molecule has 0 radical (unpaired) electrons. The molecule has 108 valence electrons. The minimum absolute atomic E-state index is 0.318. The van der Waals surface area contributed by atoms with Crippen LogP contribution in [0.25, 0.3) is 0 Å². The highest BCUT2D eigenvalue weighted by atomic mass is 19.4. The van der Waals surface area contributed by atoms with Gasteiger partial charge in [0.25, 0.3) is 0 Å². The molecule has 0 aromatic heterocycles. The Balaban J connectivity index is 2.60. The molecule has 1 rings (SSSR count). The lowest BCUT2D eigenvalue weighted by molar-refractivity contribution is -0.274. The molecule has 0 aliphatic heterocycles. The summed E-state index contributed by atoms with van der Waals surface area (Å²) >= 11 is 0. The Kier molecular flexibility index (Phi) is 4.67. The third kappa shape index (κ3) is 6.32. The number of ether oxygens (including phenoxy) is 1. The number of nitrogens with two attached hydrogens (primary N) is 1. The molecule has 19 heavy (non-hydrogen) atoms. The highest BCUT2D eigenvalue weighted by molar-refractivity contribution is 5.29. The Morgan fingerprint density at radius 3 is 1.95 bits per heavy atom. The van der Waals surface area contributed by atoms with Crippen LogP contribution in [-0.2, 0) is 0 Å². The van der Waals surface area contributed by atoms with Crippen LogP contribution in [0.3, 0.4) is 0 Å². The number of alkyl halides is 6. The summed E-state index contributed by atoms with van der Waals surface area (Å²) < 4.78 is 75.2. The van der Waals surface area contributed by atoms with E-state index >= 15 is 0 Å². The topological polar surface area (TPSA) is 35.2 Å². The second-order valence-electron chi connectivity index (χ2n) is 3.88. The van der Waals surface area contributed by atoms with Crippen molar-refractivity contribution in [2.45, 2.75) is 31.4 Å². The van der Waals surface area contributed by atoms with E-state index in [1.54, 1.807) is 0 Å². The first-order valence-corrected chi connectivity index (χ1v) is 5.25. The first kappa shape index (κ1) is 15.6. The van der Waals surface area contributed by atoms with Crippen molar-refractivity contribution >= 4 is 0 Å². The van der Waals surface area contributed by atoms with Crippen molar-refractivity contribution in [3.05, 3.63) is 29.8 Å². The minimum Gasteiger partial charge on any atom is -0.406 e. The van der Waals surface area contributed by atoms with Crippen molar-refractivity contribution in [1.29, 1.82) is 0 Å². The van der Waals surface area contributed by atoms with Gasteiger partial charge in [-0.25, -0.2) is 0 Å². The largest absolute Gasteiger partial charge is 0.573 e. The molecule has 2 nitrogen and oxygen atoms in total. The minimum atomic E-state index is -4.81. The van der Waals surface area contributed by atoms with E-state index in [1.165, 1.54) is 12.1 Å². The summed E-state index contributed by atoms with van der Waals surface area (Å²) in [5.74, 6) is -0.445. The molecule has 1 aromatic carbocycles. The van der Waals surface area contributed by atoms with Crippen molar-refractivity contribution in [3.63, 3.8) is 0 Å². The van der Waals surface area contributed by atoms with Crippen molar-refractivity contribution in [3.8, 4) is 5.75 Å². The maximum Gasteiger partial charge on any atom is 0.573 e. The Labute approximate surface area is 105 Å². The van der Waals surface area contributed by atoms with Gasteiger partial charge in [0.15, 0.2) is 0 Å². The van der Waals surface area contributed by atoms with Crippen LogP contribution in [0.4, 0.5) is 26.3 Å². The van der Waals surface area contributed by atoms with Crippen LogP contribution in [0.5, 0.6) is 5.75 Å². The molecule has 1 aromatic rings. The second kappa shape index (κ2) is 5.68. The summed E-state index contributed by atoms with van der Waals surface area (Å²) in [5.41, 5.74) is 5.83. The lowest BCUT2D eigenvalue weighted by Gasteiger charge is -2.14. The summed E-state index contributed by atoms with van der Waals surface area (Å²) in [6.45, 7) is 0. The highest BCUT2D eigenvalue weighted by Crippen LogP contribution is 2.28. The van der Waals surface area contributed by atoms with Crippen molar-refractivity contribution in [2.24, 2.45) is 5.73 Å². The fraction of sp³-hybridized carbons (Fsp3) is 0.455. The summed E-state index contributed by atoms with van der Waals surface area (Å²) in [4.78, 5) is 0. The Morgan fingerprint density at radius 1 is 1.00 bits per heavy atom. The summed E-state index contributed by atoms with van der Waals surface area (Å²) in [6, 6.07) is 3.55. The molecule has 0 aliphatic carbocycles. The molecule has 2 N–H and O–H groups in total. The highest BCUT2D eigenvalue weighted by Gasteiger charge is 2.31. The molecule has 0 aliphatic rings. The van der Waals surface area contributed by atoms with Gasteiger partial charge in [0.05, 0.1) is 0 Å². The molecular weight excluding hydrogens is 276 g/mol. The maximum absolute atomic E-state index is 12.0. The summed E-state index contributed by atoms with van der Waals surface area (Å²) in [6.07, 6.45) is -10.5. The van der Waals surface area contributed by atoms with Crippen LogP contribution in [0.2, 0.25) is 0 Å². The van der Waals surface area contributed by atoms with E-state index in [-0.39, 0.29) is 6.42 Å². The number of hydrogen-bond acceptors (Lipinski definition) is 2. The van der Waals surface area contributed by atoms with Gasteiger partial charge in [-0.05, 0) is 24.1 Å². The van der Waals surface area contributed by atoms with E-state index < -0.39 is 30.8 Å². The monoisotopic (exact) mass is 287 g/mol. The lowest BCUT2D eigenvalue weighted by atomic mass is 10.0. The van der Waals surface area contributed by atoms with Crippen LogP contribution >= 0.6 is 0 Å². The van der Waals surface area contributed by atoms with Crippen LogP contribution in [0.15, 0.2) is 24.3 Å². The SMILES string of the molecule is N[C@H](CCC(F)(F)F)c1ccc(OC(F)(F)F)cc1. The van der Waals surface area contributed by atoms with Gasteiger partial charge < -0.3 is 10.5 Å². The molecule has 0 fully saturated rings. The Morgan fingerprint density at radius 2 is 1.53 bits per heavy atom. The van der Waals surface area contributed by atoms with Gasteiger partial charge in [-0.2, -0.15) is 13.2 Å². The molecule has 0 heterocycles. The van der Waals surface area contributed by atoms with Gasteiger partial charge in [-0.15, -0.1) is 13.2 Å². The quantitative estimate of drug-likeness (QED) is 0.852. The van der Waals surface area contributed by atoms with Gasteiger partial charge in [-0.1, -0.05) is 12.1 Å². The second-order valence-corrected chi connectivity index (χ2v) is 3.88. The van der Waals surface area contributed by atoms with Gasteiger partial charge in [-0.3, -0.25) is 0 Å². The fourth-order valence-corrected chi connectivity index (χ4v) is 1.40. The standard InChI is InChI=1S/C11H11F6NO/c12-10(13,14)6-5-9(18)7-1-3-8(4-2-7)19-11(15,16)17/h1-4,9H,5-6,18H2/t9-/m1/s1. The van der Waals surface area contributed by atoms with Crippen molar-refractivity contribution in [1.82, 2.24) is 0 Å². The van der Waals surface area contributed by atoms with Crippen LogP contribution in [-0.4, -0.2) is 12.5 Å². The third-order valence-electron chi connectivity index (χ3n) is 2.28. The molecule has 0 spiro atoms. The van der Waals surface area contributed by atoms with Gasteiger partial charge in [0.2, 0.25) is 0 Å². The van der Waals surface area contributed by atoms with E-state index in [2.05, 4.69) is 4.74 Å². The summed E-state index contributed by atoms with van der Waals surface area (Å²) in [5, 5.41) is 0. The Hall–Kier alpha value is -1.44. The number of benzene rings is 1.